The number of amides is 1. The summed E-state index contributed by atoms with van der Waals surface area (Å²) in [7, 11) is -2.94. The second-order valence-corrected chi connectivity index (χ2v) is 9.78. The molecule has 1 heterocycles. The molecule has 1 rings (SSSR count). The molecule has 1 aliphatic heterocycles. The molecule has 1 aliphatic rings. The number of sulfone groups is 1. The zero-order valence-electron chi connectivity index (χ0n) is 15.1. The number of ether oxygens (including phenoxy) is 1. The molecule has 0 aromatic heterocycles. The van der Waals surface area contributed by atoms with Gasteiger partial charge in [-0.15, -0.1) is 0 Å². The predicted octanol–water partition coefficient (Wildman–Crippen LogP) is 2.05. The third-order valence-corrected chi connectivity index (χ3v) is 5.84. The zero-order chi connectivity index (χ0) is 17.7. The van der Waals surface area contributed by atoms with Crippen LogP contribution in [0.3, 0.4) is 0 Å². The van der Waals surface area contributed by atoms with Crippen LogP contribution in [-0.2, 0) is 14.6 Å². The summed E-state index contributed by atoms with van der Waals surface area (Å²) in [5.41, 5.74) is -0.484. The average molecular weight is 349 g/mol. The summed E-state index contributed by atoms with van der Waals surface area (Å²) in [6.45, 7) is 11.2. The van der Waals surface area contributed by atoms with Gasteiger partial charge < -0.3 is 15.0 Å². The van der Waals surface area contributed by atoms with Crippen LogP contribution in [0, 0.1) is 5.92 Å². The maximum absolute atomic E-state index is 12.2. The molecule has 136 valence electrons. The van der Waals surface area contributed by atoms with Crippen molar-refractivity contribution in [3.63, 3.8) is 0 Å². The van der Waals surface area contributed by atoms with E-state index >= 15 is 0 Å². The molecule has 1 saturated heterocycles. The van der Waals surface area contributed by atoms with Gasteiger partial charge in [0.2, 0.25) is 0 Å². The molecule has 7 heteroatoms. The lowest BCUT2D eigenvalue weighted by molar-refractivity contribution is 0.0149. The van der Waals surface area contributed by atoms with E-state index < -0.39 is 15.4 Å². The van der Waals surface area contributed by atoms with Crippen LogP contribution in [0.15, 0.2) is 0 Å². The Morgan fingerprint density at radius 2 is 2.04 bits per heavy atom. The first-order chi connectivity index (χ1) is 10.5. The van der Waals surface area contributed by atoms with Crippen molar-refractivity contribution in [1.82, 2.24) is 10.2 Å². The highest BCUT2D eigenvalue weighted by Crippen LogP contribution is 2.21. The minimum Gasteiger partial charge on any atom is -0.444 e. The fraction of sp³-hybridized carbons (Fsp3) is 0.938. The normalized spacial score (nSPS) is 21.1. The van der Waals surface area contributed by atoms with Crippen LogP contribution in [0.1, 0.15) is 47.5 Å². The van der Waals surface area contributed by atoms with E-state index in [-0.39, 0.29) is 23.6 Å². The van der Waals surface area contributed by atoms with E-state index in [4.69, 9.17) is 4.74 Å². The van der Waals surface area contributed by atoms with E-state index in [1.807, 2.05) is 20.8 Å². The van der Waals surface area contributed by atoms with Gasteiger partial charge in [0.15, 0.2) is 9.84 Å². The number of nitrogens with zero attached hydrogens (tertiary/aromatic N) is 1. The number of likely N-dealkylation sites (tertiary alicyclic amines) is 1. The van der Waals surface area contributed by atoms with Gasteiger partial charge in [-0.3, -0.25) is 0 Å². The van der Waals surface area contributed by atoms with Gasteiger partial charge in [0.05, 0.1) is 5.75 Å². The number of nitrogens with one attached hydrogen (secondary N) is 1. The maximum atomic E-state index is 12.2. The molecule has 0 radical (unpaired) electrons. The number of rotatable bonds is 6. The fourth-order valence-corrected chi connectivity index (χ4v) is 3.38. The molecule has 2 atom stereocenters. The van der Waals surface area contributed by atoms with Crippen molar-refractivity contribution < 1.29 is 17.9 Å². The fourth-order valence-electron chi connectivity index (χ4n) is 2.66. The third kappa shape index (κ3) is 7.52. The predicted molar refractivity (Wildman–Crippen MR) is 92.3 cm³/mol. The monoisotopic (exact) mass is 348 g/mol. The molecule has 1 N–H and O–H groups in total. The highest BCUT2D eigenvalue weighted by molar-refractivity contribution is 7.91. The molecule has 0 aliphatic carbocycles. The van der Waals surface area contributed by atoms with Gasteiger partial charge in [0.25, 0.3) is 0 Å². The van der Waals surface area contributed by atoms with Crippen LogP contribution in [0.25, 0.3) is 0 Å². The highest BCUT2D eigenvalue weighted by Gasteiger charge is 2.30. The molecule has 23 heavy (non-hydrogen) atoms. The van der Waals surface area contributed by atoms with E-state index in [0.29, 0.717) is 19.0 Å². The summed E-state index contributed by atoms with van der Waals surface area (Å²) in [5.74, 6) is 0.663. The van der Waals surface area contributed by atoms with Crippen LogP contribution in [0.5, 0.6) is 0 Å². The Hall–Kier alpha value is -0.820. The number of carbonyl (C=O) groups is 1. The summed E-state index contributed by atoms with van der Waals surface area (Å²) in [4.78, 5) is 13.9. The average Bonchev–Trinajstić information content (AvgIpc) is 2.45. The number of carbonyl (C=O) groups excluding carboxylic acids is 1. The van der Waals surface area contributed by atoms with Crippen molar-refractivity contribution in [2.24, 2.45) is 5.92 Å². The molecule has 0 spiro atoms. The Balaban J connectivity index is 2.46. The van der Waals surface area contributed by atoms with Gasteiger partial charge in [0.1, 0.15) is 5.60 Å². The van der Waals surface area contributed by atoms with Crippen molar-refractivity contribution in [3.8, 4) is 0 Å². The van der Waals surface area contributed by atoms with Crippen LogP contribution in [0.2, 0.25) is 0 Å². The van der Waals surface area contributed by atoms with Crippen LogP contribution in [0.4, 0.5) is 4.79 Å². The summed E-state index contributed by atoms with van der Waals surface area (Å²) in [6.07, 6.45) is 1.72. The highest BCUT2D eigenvalue weighted by atomic mass is 32.2. The van der Waals surface area contributed by atoms with Crippen LogP contribution >= 0.6 is 0 Å². The topological polar surface area (TPSA) is 75.7 Å². The summed E-state index contributed by atoms with van der Waals surface area (Å²) < 4.78 is 28.5. The largest absolute Gasteiger partial charge is 0.444 e. The van der Waals surface area contributed by atoms with E-state index in [2.05, 4.69) is 12.2 Å². The molecule has 0 bridgehead atoms. The Morgan fingerprint density at radius 1 is 1.39 bits per heavy atom. The summed E-state index contributed by atoms with van der Waals surface area (Å²) in [5, 5.41) is 3.29. The van der Waals surface area contributed by atoms with E-state index in [0.717, 1.165) is 19.4 Å². The first-order valence-corrected chi connectivity index (χ1v) is 10.3. The summed E-state index contributed by atoms with van der Waals surface area (Å²) in [6, 6.07) is 0.173. The van der Waals surface area contributed by atoms with Crippen molar-refractivity contribution in [1.29, 1.82) is 0 Å². The quantitative estimate of drug-likeness (QED) is 0.795. The van der Waals surface area contributed by atoms with Crippen LogP contribution < -0.4 is 5.32 Å². The van der Waals surface area contributed by atoms with Crippen molar-refractivity contribution in [2.75, 3.05) is 31.1 Å². The van der Waals surface area contributed by atoms with Gasteiger partial charge in [-0.2, -0.15) is 0 Å². The van der Waals surface area contributed by atoms with Crippen molar-refractivity contribution in [3.05, 3.63) is 0 Å². The maximum Gasteiger partial charge on any atom is 0.410 e. The van der Waals surface area contributed by atoms with Crippen molar-refractivity contribution in [2.45, 2.75) is 59.1 Å². The standard InChI is InChI=1S/C16H32N2O4S/c1-6-23(20,21)11-9-17-13(2)14-8-7-10-18(12-14)15(19)22-16(3,4)5/h13-14,17H,6-12H2,1-5H3. The van der Waals surface area contributed by atoms with E-state index in [1.165, 1.54) is 0 Å². The lowest BCUT2D eigenvalue weighted by Crippen LogP contribution is -2.48. The molecule has 0 saturated carbocycles. The molecule has 0 aromatic rings. The van der Waals surface area contributed by atoms with Crippen molar-refractivity contribution >= 4 is 15.9 Å². The second kappa shape index (κ2) is 8.33. The number of piperidine rings is 1. The summed E-state index contributed by atoms with van der Waals surface area (Å²) >= 11 is 0. The van der Waals surface area contributed by atoms with E-state index in [1.54, 1.807) is 11.8 Å². The molecule has 0 aromatic carbocycles. The Bertz CT molecular complexity index is 485. The van der Waals surface area contributed by atoms with Gasteiger partial charge >= 0.3 is 6.09 Å². The molecule has 2 unspecified atom stereocenters. The lowest BCUT2D eigenvalue weighted by atomic mass is 9.92. The smallest absolute Gasteiger partial charge is 0.410 e. The minimum absolute atomic E-state index is 0.163. The van der Waals surface area contributed by atoms with Gasteiger partial charge in [-0.25, -0.2) is 13.2 Å². The molecular weight excluding hydrogens is 316 g/mol. The second-order valence-electron chi connectivity index (χ2n) is 7.31. The third-order valence-electron chi connectivity index (χ3n) is 4.14. The minimum atomic E-state index is -2.94. The number of hydrogen-bond donors (Lipinski definition) is 1. The molecule has 1 fully saturated rings. The van der Waals surface area contributed by atoms with Gasteiger partial charge in [-0.1, -0.05) is 6.92 Å². The molecule has 6 nitrogen and oxygen atoms in total. The first kappa shape index (κ1) is 20.2. The SMILES string of the molecule is CCS(=O)(=O)CCNC(C)C1CCCN(C(=O)OC(C)(C)C)C1. The first-order valence-electron chi connectivity index (χ1n) is 8.46. The Kier molecular flexibility index (Phi) is 7.32. The van der Waals surface area contributed by atoms with Crippen LogP contribution in [-0.4, -0.2) is 62.2 Å². The Labute approximate surface area is 140 Å². The lowest BCUT2D eigenvalue weighted by Gasteiger charge is -2.36. The zero-order valence-corrected chi connectivity index (χ0v) is 15.9. The molecular formula is C16H32N2O4S. The van der Waals surface area contributed by atoms with Gasteiger partial charge in [-0.05, 0) is 46.5 Å². The van der Waals surface area contributed by atoms with E-state index in [9.17, 15) is 13.2 Å². The Morgan fingerprint density at radius 3 is 2.61 bits per heavy atom. The number of hydrogen-bond acceptors (Lipinski definition) is 5. The molecule has 1 amide bonds. The van der Waals surface area contributed by atoms with Gasteiger partial charge in [0, 0.05) is 31.4 Å².